The Morgan fingerprint density at radius 1 is 1.50 bits per heavy atom. The van der Waals surface area contributed by atoms with Gasteiger partial charge in [-0.25, -0.2) is 4.39 Å². The van der Waals surface area contributed by atoms with Crippen LogP contribution in [0.1, 0.15) is 5.56 Å². The second-order valence-electron chi connectivity index (χ2n) is 6.06. The van der Waals surface area contributed by atoms with Crippen LogP contribution >= 0.6 is 0 Å². The SMILES string of the molecule is O=C(O)C1C2C=CC3(CN(Cc4cccc(F)c4)C(=O)C13)O2. The van der Waals surface area contributed by atoms with Gasteiger partial charge in [-0.1, -0.05) is 24.3 Å². The highest BCUT2D eigenvalue weighted by Gasteiger charge is 2.66. The van der Waals surface area contributed by atoms with Crippen LogP contribution in [0.15, 0.2) is 36.4 Å². The second kappa shape index (κ2) is 4.39. The third kappa shape index (κ3) is 1.73. The summed E-state index contributed by atoms with van der Waals surface area (Å²) in [4.78, 5) is 25.6. The zero-order valence-corrected chi connectivity index (χ0v) is 11.6. The smallest absolute Gasteiger partial charge is 0.310 e. The summed E-state index contributed by atoms with van der Waals surface area (Å²) >= 11 is 0. The van der Waals surface area contributed by atoms with Gasteiger partial charge >= 0.3 is 5.97 Å². The monoisotopic (exact) mass is 303 g/mol. The summed E-state index contributed by atoms with van der Waals surface area (Å²) in [5.74, 6) is -3.13. The standard InChI is InChI=1S/C16H14FNO4/c17-10-3-1-2-9(6-10)7-18-8-16-5-4-11(22-16)12(15(20)21)13(16)14(18)19/h1-6,11-13H,7-8H2,(H,20,21). The van der Waals surface area contributed by atoms with Crippen LogP contribution in [-0.2, 0) is 20.9 Å². The molecule has 5 nitrogen and oxygen atoms in total. The van der Waals surface area contributed by atoms with Gasteiger partial charge in [0.2, 0.25) is 5.91 Å². The molecule has 114 valence electrons. The van der Waals surface area contributed by atoms with Crippen molar-refractivity contribution in [3.05, 3.63) is 47.8 Å². The largest absolute Gasteiger partial charge is 0.481 e. The van der Waals surface area contributed by atoms with Crippen LogP contribution < -0.4 is 0 Å². The minimum atomic E-state index is -1.01. The van der Waals surface area contributed by atoms with Gasteiger partial charge in [0.05, 0.1) is 18.6 Å². The Labute approximate surface area is 126 Å². The lowest BCUT2D eigenvalue weighted by molar-refractivity contribution is -0.148. The number of halogens is 1. The molecule has 3 heterocycles. The van der Waals surface area contributed by atoms with E-state index in [0.717, 1.165) is 0 Å². The van der Waals surface area contributed by atoms with Crippen molar-refractivity contribution < 1.29 is 23.8 Å². The van der Waals surface area contributed by atoms with Crippen LogP contribution in [-0.4, -0.2) is 40.1 Å². The van der Waals surface area contributed by atoms with E-state index in [1.165, 1.54) is 12.1 Å². The number of likely N-dealkylation sites (tertiary alicyclic amines) is 1. The number of rotatable bonds is 3. The Morgan fingerprint density at radius 2 is 2.32 bits per heavy atom. The fraction of sp³-hybridized carbons (Fsp3) is 0.375. The van der Waals surface area contributed by atoms with Crippen molar-refractivity contribution in [3.63, 3.8) is 0 Å². The molecule has 4 rings (SSSR count). The van der Waals surface area contributed by atoms with Crippen LogP contribution in [0.3, 0.4) is 0 Å². The molecule has 6 heteroatoms. The minimum Gasteiger partial charge on any atom is -0.481 e. The van der Waals surface area contributed by atoms with Gasteiger partial charge in [0.15, 0.2) is 0 Å². The summed E-state index contributed by atoms with van der Waals surface area (Å²) in [6.07, 6.45) is 3.02. The first-order valence-electron chi connectivity index (χ1n) is 7.13. The number of ether oxygens (including phenoxy) is 1. The Morgan fingerprint density at radius 3 is 3.05 bits per heavy atom. The van der Waals surface area contributed by atoms with Crippen LogP contribution in [0, 0.1) is 17.7 Å². The number of fused-ring (bicyclic) bond motifs is 1. The van der Waals surface area contributed by atoms with Gasteiger partial charge in [0, 0.05) is 6.54 Å². The van der Waals surface area contributed by atoms with Gasteiger partial charge in [-0.15, -0.1) is 0 Å². The molecule has 0 aliphatic carbocycles. The normalized spacial score (nSPS) is 35.2. The van der Waals surface area contributed by atoms with Gasteiger partial charge in [-0.2, -0.15) is 0 Å². The molecule has 3 aliphatic heterocycles. The van der Waals surface area contributed by atoms with Crippen molar-refractivity contribution in [1.82, 2.24) is 4.90 Å². The van der Waals surface area contributed by atoms with Gasteiger partial charge in [-0.05, 0) is 17.7 Å². The van der Waals surface area contributed by atoms with Crippen LogP contribution in [0.5, 0.6) is 0 Å². The van der Waals surface area contributed by atoms with E-state index in [9.17, 15) is 19.1 Å². The average Bonchev–Trinajstić information content (AvgIpc) is 3.08. The Kier molecular flexibility index (Phi) is 2.69. The fourth-order valence-corrected chi connectivity index (χ4v) is 3.85. The van der Waals surface area contributed by atoms with Gasteiger partial charge in [0.25, 0.3) is 0 Å². The van der Waals surface area contributed by atoms with E-state index in [2.05, 4.69) is 0 Å². The molecule has 22 heavy (non-hydrogen) atoms. The predicted octanol–water partition coefficient (Wildman–Crippen LogP) is 1.19. The van der Waals surface area contributed by atoms with E-state index in [1.54, 1.807) is 23.1 Å². The molecule has 3 aliphatic rings. The van der Waals surface area contributed by atoms with E-state index in [0.29, 0.717) is 12.1 Å². The number of hydrogen-bond donors (Lipinski definition) is 1. The topological polar surface area (TPSA) is 66.8 Å². The molecular formula is C16H14FNO4. The quantitative estimate of drug-likeness (QED) is 0.852. The number of aliphatic carboxylic acids is 1. The van der Waals surface area contributed by atoms with E-state index < -0.39 is 29.5 Å². The third-order valence-electron chi connectivity index (χ3n) is 4.73. The Balaban J connectivity index is 1.62. The van der Waals surface area contributed by atoms with Crippen LogP contribution in [0.2, 0.25) is 0 Å². The van der Waals surface area contributed by atoms with Crippen molar-refractivity contribution in [2.45, 2.75) is 18.2 Å². The molecule has 4 atom stereocenters. The molecule has 0 saturated carbocycles. The molecule has 2 fully saturated rings. The minimum absolute atomic E-state index is 0.233. The molecule has 1 spiro atoms. The summed E-state index contributed by atoms with van der Waals surface area (Å²) in [6.45, 7) is 0.562. The lowest BCUT2D eigenvalue weighted by Crippen LogP contribution is -2.39. The molecule has 1 aromatic carbocycles. The summed E-state index contributed by atoms with van der Waals surface area (Å²) in [5, 5.41) is 9.38. The number of amides is 1. The highest BCUT2D eigenvalue weighted by atomic mass is 19.1. The number of carbonyl (C=O) groups is 2. The van der Waals surface area contributed by atoms with Gasteiger partial charge < -0.3 is 14.7 Å². The third-order valence-corrected chi connectivity index (χ3v) is 4.73. The molecule has 0 aromatic heterocycles. The molecule has 1 amide bonds. The second-order valence-corrected chi connectivity index (χ2v) is 6.06. The molecular weight excluding hydrogens is 289 g/mol. The first-order chi connectivity index (χ1) is 10.5. The zero-order valence-electron chi connectivity index (χ0n) is 11.6. The zero-order chi connectivity index (χ0) is 15.5. The fourth-order valence-electron chi connectivity index (χ4n) is 3.85. The number of nitrogens with zero attached hydrogens (tertiary/aromatic N) is 1. The van der Waals surface area contributed by atoms with Crippen LogP contribution in [0.25, 0.3) is 0 Å². The van der Waals surface area contributed by atoms with Crippen molar-refractivity contribution in [2.75, 3.05) is 6.54 Å². The van der Waals surface area contributed by atoms with Gasteiger partial charge in [-0.3, -0.25) is 9.59 Å². The number of benzene rings is 1. The van der Waals surface area contributed by atoms with Crippen LogP contribution in [0.4, 0.5) is 4.39 Å². The molecule has 2 bridgehead atoms. The van der Waals surface area contributed by atoms with E-state index in [4.69, 9.17) is 4.74 Å². The maximum atomic E-state index is 13.3. The molecule has 2 saturated heterocycles. The lowest BCUT2D eigenvalue weighted by atomic mass is 9.77. The van der Waals surface area contributed by atoms with E-state index in [1.807, 2.05) is 6.08 Å². The lowest BCUT2D eigenvalue weighted by Gasteiger charge is -2.21. The molecule has 1 N–H and O–H groups in total. The number of carboxylic acid groups (broad SMARTS) is 1. The van der Waals surface area contributed by atoms with Crippen molar-refractivity contribution in [3.8, 4) is 0 Å². The van der Waals surface area contributed by atoms with Crippen molar-refractivity contribution in [2.24, 2.45) is 11.8 Å². The highest BCUT2D eigenvalue weighted by molar-refractivity contribution is 5.90. The van der Waals surface area contributed by atoms with E-state index >= 15 is 0 Å². The summed E-state index contributed by atoms with van der Waals surface area (Å²) in [7, 11) is 0. The maximum absolute atomic E-state index is 13.3. The van der Waals surface area contributed by atoms with E-state index in [-0.39, 0.29) is 18.3 Å². The predicted molar refractivity (Wildman–Crippen MR) is 73.2 cm³/mol. The molecule has 1 aromatic rings. The van der Waals surface area contributed by atoms with Crippen molar-refractivity contribution in [1.29, 1.82) is 0 Å². The highest BCUT2D eigenvalue weighted by Crippen LogP contribution is 2.52. The average molecular weight is 303 g/mol. The first kappa shape index (κ1) is 13.5. The van der Waals surface area contributed by atoms with Crippen molar-refractivity contribution >= 4 is 11.9 Å². The summed E-state index contributed by atoms with van der Waals surface area (Å²) < 4.78 is 19.1. The number of hydrogen-bond acceptors (Lipinski definition) is 3. The maximum Gasteiger partial charge on any atom is 0.310 e. The molecule has 4 unspecified atom stereocenters. The number of carbonyl (C=O) groups excluding carboxylic acids is 1. The summed E-state index contributed by atoms with van der Waals surface area (Å²) in [5.41, 5.74) is -0.159. The Hall–Kier alpha value is -2.21. The number of carboxylic acids is 1. The summed E-state index contributed by atoms with van der Waals surface area (Å²) in [6, 6.07) is 6.05. The first-order valence-corrected chi connectivity index (χ1v) is 7.13. The van der Waals surface area contributed by atoms with Gasteiger partial charge in [0.1, 0.15) is 17.3 Å². The molecule has 0 radical (unpaired) electrons. The Bertz CT molecular complexity index is 703.